The van der Waals surface area contributed by atoms with Gasteiger partial charge in [-0.2, -0.15) is 0 Å². The van der Waals surface area contributed by atoms with Gasteiger partial charge in [0, 0.05) is 25.2 Å². The summed E-state index contributed by atoms with van der Waals surface area (Å²) in [6.07, 6.45) is 5.25. The lowest BCUT2D eigenvalue weighted by atomic mass is 9.85. The zero-order chi connectivity index (χ0) is 9.60. The fraction of sp³-hybridized carbons (Fsp3) is 1.00. The predicted octanol–water partition coefficient (Wildman–Crippen LogP) is 0.602. The summed E-state index contributed by atoms with van der Waals surface area (Å²) >= 11 is 0. The van der Waals surface area contributed by atoms with Crippen molar-refractivity contribution in [2.24, 2.45) is 0 Å². The summed E-state index contributed by atoms with van der Waals surface area (Å²) in [4.78, 5) is 2.57. The lowest BCUT2D eigenvalue weighted by Gasteiger charge is -2.47. The first-order valence-corrected chi connectivity index (χ1v) is 5.86. The summed E-state index contributed by atoms with van der Waals surface area (Å²) in [6.45, 7) is 3.02. The van der Waals surface area contributed by atoms with E-state index in [1.165, 1.54) is 25.7 Å². The van der Waals surface area contributed by atoms with Crippen LogP contribution in [0.2, 0.25) is 0 Å². The number of hydrogen-bond donors (Lipinski definition) is 1. The molecule has 3 saturated heterocycles. The number of rotatable bonds is 0. The van der Waals surface area contributed by atoms with E-state index in [1.54, 1.807) is 0 Å². The number of piperidine rings is 1. The van der Waals surface area contributed by atoms with Crippen LogP contribution >= 0.6 is 0 Å². The number of hydrogen-bond acceptors (Lipinski definition) is 3. The van der Waals surface area contributed by atoms with Crippen LogP contribution in [0, 0.1) is 0 Å². The van der Waals surface area contributed by atoms with Gasteiger partial charge < -0.3 is 15.0 Å². The Bertz CT molecular complexity index is 209. The van der Waals surface area contributed by atoms with E-state index in [2.05, 4.69) is 17.3 Å². The van der Waals surface area contributed by atoms with Gasteiger partial charge in [0.05, 0.1) is 12.2 Å². The van der Waals surface area contributed by atoms with Crippen LogP contribution in [0.3, 0.4) is 0 Å². The predicted molar refractivity (Wildman–Crippen MR) is 55.4 cm³/mol. The van der Waals surface area contributed by atoms with Gasteiger partial charge in [-0.25, -0.2) is 0 Å². The fourth-order valence-electron chi connectivity index (χ4n) is 3.49. The molecule has 1 spiro atoms. The first kappa shape index (κ1) is 9.13. The third kappa shape index (κ3) is 1.30. The first-order valence-electron chi connectivity index (χ1n) is 5.86. The summed E-state index contributed by atoms with van der Waals surface area (Å²) in [6, 6.07) is 1.57. The van der Waals surface area contributed by atoms with E-state index in [-0.39, 0.29) is 5.60 Å². The average Bonchev–Trinajstić information content (AvgIpc) is 2.45. The van der Waals surface area contributed by atoms with Gasteiger partial charge in [-0.15, -0.1) is 0 Å². The molecule has 0 aromatic heterocycles. The largest absolute Gasteiger partial charge is 0.372 e. The molecule has 0 aromatic rings. The molecule has 0 amide bonds. The Morgan fingerprint density at radius 1 is 1.29 bits per heavy atom. The molecule has 14 heavy (non-hydrogen) atoms. The Hall–Kier alpha value is -0.120. The van der Waals surface area contributed by atoms with E-state index in [0.717, 1.165) is 31.8 Å². The molecule has 2 unspecified atom stereocenters. The molecule has 3 heteroatoms. The minimum Gasteiger partial charge on any atom is -0.372 e. The second-order valence-electron chi connectivity index (χ2n) is 5.17. The van der Waals surface area contributed by atoms with E-state index in [0.29, 0.717) is 0 Å². The lowest BCUT2D eigenvalue weighted by molar-refractivity contribution is -0.114. The Kier molecular flexibility index (Phi) is 2.08. The summed E-state index contributed by atoms with van der Waals surface area (Å²) in [5.41, 5.74) is 0.191. The number of fused-ring (bicyclic) bond motifs is 2. The van der Waals surface area contributed by atoms with Crippen molar-refractivity contribution in [2.75, 3.05) is 26.7 Å². The number of ether oxygens (including phenoxy) is 1. The van der Waals surface area contributed by atoms with Gasteiger partial charge in [-0.05, 0) is 32.7 Å². The molecule has 3 aliphatic heterocycles. The quantitative estimate of drug-likeness (QED) is 0.614. The Balaban J connectivity index is 1.77. The molecule has 3 heterocycles. The minimum atomic E-state index is 0.191. The number of nitrogens with zero attached hydrogens (tertiary/aromatic N) is 1. The van der Waals surface area contributed by atoms with Crippen LogP contribution in [-0.2, 0) is 4.74 Å². The second kappa shape index (κ2) is 3.19. The van der Waals surface area contributed by atoms with Gasteiger partial charge in [0.1, 0.15) is 0 Å². The van der Waals surface area contributed by atoms with E-state index < -0.39 is 0 Å². The molecule has 80 valence electrons. The fourth-order valence-corrected chi connectivity index (χ4v) is 3.49. The number of morpholine rings is 1. The first-order chi connectivity index (χ1) is 6.79. The zero-order valence-corrected chi connectivity index (χ0v) is 8.96. The van der Waals surface area contributed by atoms with E-state index in [1.807, 2.05) is 0 Å². The maximum Gasteiger partial charge on any atom is 0.0836 e. The number of nitrogens with one attached hydrogen (secondary N) is 1. The monoisotopic (exact) mass is 196 g/mol. The molecule has 0 aliphatic carbocycles. The molecule has 1 N–H and O–H groups in total. The van der Waals surface area contributed by atoms with Gasteiger partial charge in [0.25, 0.3) is 0 Å². The molecule has 0 radical (unpaired) electrons. The molecular weight excluding hydrogens is 176 g/mol. The highest BCUT2D eigenvalue weighted by atomic mass is 16.5. The van der Waals surface area contributed by atoms with Crippen molar-refractivity contribution in [1.82, 2.24) is 10.2 Å². The van der Waals surface area contributed by atoms with Crippen LogP contribution < -0.4 is 5.32 Å². The van der Waals surface area contributed by atoms with E-state index >= 15 is 0 Å². The summed E-state index contributed by atoms with van der Waals surface area (Å²) < 4.78 is 6.05. The zero-order valence-electron chi connectivity index (χ0n) is 8.96. The molecule has 3 fully saturated rings. The van der Waals surface area contributed by atoms with Crippen LogP contribution in [0.5, 0.6) is 0 Å². The average molecular weight is 196 g/mol. The minimum absolute atomic E-state index is 0.191. The van der Waals surface area contributed by atoms with Crippen molar-refractivity contribution < 1.29 is 4.74 Å². The van der Waals surface area contributed by atoms with Crippen LogP contribution in [0.25, 0.3) is 0 Å². The molecule has 3 aliphatic rings. The Morgan fingerprint density at radius 3 is 2.57 bits per heavy atom. The standard InChI is InChI=1S/C11H20N2O/c1-13-9-2-3-10(13)7-11(6-9)8-12-4-5-14-11/h9-10,12H,2-8H2,1H3. The highest BCUT2D eigenvalue weighted by molar-refractivity contribution is 5.03. The summed E-state index contributed by atoms with van der Waals surface area (Å²) in [5.74, 6) is 0. The van der Waals surface area contributed by atoms with Crippen molar-refractivity contribution in [3.8, 4) is 0 Å². The van der Waals surface area contributed by atoms with Gasteiger partial charge in [-0.3, -0.25) is 0 Å². The third-order valence-corrected chi connectivity index (χ3v) is 4.33. The molecule has 0 saturated carbocycles. The Morgan fingerprint density at radius 2 is 2.00 bits per heavy atom. The van der Waals surface area contributed by atoms with Gasteiger partial charge >= 0.3 is 0 Å². The maximum absolute atomic E-state index is 6.05. The van der Waals surface area contributed by atoms with Crippen LogP contribution in [-0.4, -0.2) is 49.3 Å². The molecule has 0 aromatic carbocycles. The molecule has 3 nitrogen and oxygen atoms in total. The van der Waals surface area contributed by atoms with Crippen molar-refractivity contribution in [2.45, 2.75) is 43.4 Å². The highest BCUT2D eigenvalue weighted by Crippen LogP contribution is 2.41. The maximum atomic E-state index is 6.05. The SMILES string of the molecule is CN1C2CCC1CC1(CNCCO1)C2. The van der Waals surface area contributed by atoms with Gasteiger partial charge in [-0.1, -0.05) is 0 Å². The Labute approximate surface area is 85.8 Å². The molecule has 3 rings (SSSR count). The van der Waals surface area contributed by atoms with Gasteiger partial charge in [0.2, 0.25) is 0 Å². The molecule has 2 atom stereocenters. The molecule has 2 bridgehead atoms. The highest BCUT2D eigenvalue weighted by Gasteiger charge is 2.48. The lowest BCUT2D eigenvalue weighted by Crippen LogP contribution is -2.58. The normalized spacial score (nSPS) is 48.6. The summed E-state index contributed by atoms with van der Waals surface area (Å²) in [7, 11) is 2.28. The second-order valence-corrected chi connectivity index (χ2v) is 5.17. The van der Waals surface area contributed by atoms with Gasteiger partial charge in [0.15, 0.2) is 0 Å². The molecular formula is C11H20N2O. The van der Waals surface area contributed by atoms with Crippen molar-refractivity contribution in [3.05, 3.63) is 0 Å². The van der Waals surface area contributed by atoms with Crippen LogP contribution in [0.4, 0.5) is 0 Å². The van der Waals surface area contributed by atoms with Crippen molar-refractivity contribution in [1.29, 1.82) is 0 Å². The smallest absolute Gasteiger partial charge is 0.0836 e. The van der Waals surface area contributed by atoms with Crippen molar-refractivity contribution in [3.63, 3.8) is 0 Å². The van der Waals surface area contributed by atoms with Crippen molar-refractivity contribution >= 4 is 0 Å². The van der Waals surface area contributed by atoms with E-state index in [9.17, 15) is 0 Å². The van der Waals surface area contributed by atoms with Crippen LogP contribution in [0.15, 0.2) is 0 Å². The van der Waals surface area contributed by atoms with Crippen LogP contribution in [0.1, 0.15) is 25.7 Å². The summed E-state index contributed by atoms with van der Waals surface area (Å²) in [5, 5.41) is 3.49. The van der Waals surface area contributed by atoms with E-state index in [4.69, 9.17) is 4.74 Å². The topological polar surface area (TPSA) is 24.5 Å². The third-order valence-electron chi connectivity index (χ3n) is 4.33.